The summed E-state index contributed by atoms with van der Waals surface area (Å²) < 4.78 is 3.30. The number of aryl methyl sites for hydroxylation is 1. The Balaban J connectivity index is 2.64. The fourth-order valence-electron chi connectivity index (χ4n) is 2.45. The highest BCUT2D eigenvalue weighted by Crippen LogP contribution is 2.32. The highest BCUT2D eigenvalue weighted by Gasteiger charge is 2.19. The van der Waals surface area contributed by atoms with E-state index in [0.29, 0.717) is 18.4 Å². The Morgan fingerprint density at radius 2 is 2.06 bits per heavy atom. The molecule has 1 unspecified atom stereocenters. The van der Waals surface area contributed by atoms with Gasteiger partial charge >= 0.3 is 0 Å². The highest BCUT2D eigenvalue weighted by molar-refractivity contribution is 9.10. The van der Waals surface area contributed by atoms with Gasteiger partial charge in [0.2, 0.25) is 0 Å². The molecule has 0 spiro atoms. The Morgan fingerprint density at radius 1 is 1.35 bits per heavy atom. The topological polar surface area (TPSA) is 30.9 Å². The molecule has 92 valence electrons. The first-order valence-electron chi connectivity index (χ1n) is 5.99. The Kier molecular flexibility index (Phi) is 3.59. The lowest BCUT2D eigenvalue weighted by molar-refractivity contribution is 0.508. The van der Waals surface area contributed by atoms with E-state index in [0.717, 1.165) is 4.47 Å². The predicted octanol–water partition coefficient (Wildman–Crippen LogP) is 3.64. The maximum Gasteiger partial charge on any atom is 0.0481 e. The van der Waals surface area contributed by atoms with Crippen LogP contribution in [0.3, 0.4) is 0 Å². The number of nitrogens with zero attached hydrogens (tertiary/aromatic N) is 1. The van der Waals surface area contributed by atoms with Crippen molar-refractivity contribution in [2.24, 2.45) is 18.7 Å². The first-order chi connectivity index (χ1) is 8.04. The van der Waals surface area contributed by atoms with Crippen LogP contribution in [0.5, 0.6) is 0 Å². The minimum atomic E-state index is 0.424. The van der Waals surface area contributed by atoms with Gasteiger partial charge in [-0.1, -0.05) is 29.8 Å². The van der Waals surface area contributed by atoms with Crippen LogP contribution < -0.4 is 5.73 Å². The standard InChI is InChI=1S/C14H19BrN2/c1-9(2)12(7-16)13-8-17(3)14-5-4-10(15)6-11(13)14/h4-6,8-9,12H,7,16H2,1-3H3. The van der Waals surface area contributed by atoms with Gasteiger partial charge in [-0.15, -0.1) is 0 Å². The molecule has 0 amide bonds. The molecular formula is C14H19BrN2. The average molecular weight is 295 g/mol. The van der Waals surface area contributed by atoms with Crippen LogP contribution in [0, 0.1) is 5.92 Å². The SMILES string of the molecule is CC(C)C(CN)c1cn(C)c2ccc(Br)cc12. The van der Waals surface area contributed by atoms with Crippen LogP contribution in [0.1, 0.15) is 25.3 Å². The third-order valence-electron chi connectivity index (χ3n) is 3.44. The summed E-state index contributed by atoms with van der Waals surface area (Å²) >= 11 is 3.54. The summed E-state index contributed by atoms with van der Waals surface area (Å²) in [5, 5.41) is 1.31. The summed E-state index contributed by atoms with van der Waals surface area (Å²) in [7, 11) is 2.09. The molecule has 0 bridgehead atoms. The number of aromatic nitrogens is 1. The van der Waals surface area contributed by atoms with E-state index in [4.69, 9.17) is 5.73 Å². The van der Waals surface area contributed by atoms with Crippen LogP contribution in [-0.4, -0.2) is 11.1 Å². The van der Waals surface area contributed by atoms with E-state index in [9.17, 15) is 0 Å². The monoisotopic (exact) mass is 294 g/mol. The Labute approximate surface area is 111 Å². The largest absolute Gasteiger partial charge is 0.350 e. The molecule has 2 rings (SSSR count). The Hall–Kier alpha value is -0.800. The lowest BCUT2D eigenvalue weighted by Crippen LogP contribution is -2.17. The van der Waals surface area contributed by atoms with Crippen molar-refractivity contribution < 1.29 is 0 Å². The van der Waals surface area contributed by atoms with Gasteiger partial charge in [0.1, 0.15) is 0 Å². The normalized spacial score (nSPS) is 13.5. The number of rotatable bonds is 3. The summed E-state index contributed by atoms with van der Waals surface area (Å²) in [6.45, 7) is 5.16. The number of halogens is 1. The second-order valence-corrected chi connectivity index (χ2v) is 5.86. The maximum atomic E-state index is 5.92. The van der Waals surface area contributed by atoms with Crippen LogP contribution >= 0.6 is 15.9 Å². The Morgan fingerprint density at radius 3 is 2.65 bits per heavy atom. The van der Waals surface area contributed by atoms with Gasteiger partial charge in [0, 0.05) is 34.5 Å². The molecule has 1 aromatic carbocycles. The second-order valence-electron chi connectivity index (χ2n) is 4.94. The van der Waals surface area contributed by atoms with Gasteiger partial charge in [-0.25, -0.2) is 0 Å². The Bertz CT molecular complexity index is 528. The van der Waals surface area contributed by atoms with E-state index in [1.165, 1.54) is 16.5 Å². The zero-order valence-corrected chi connectivity index (χ0v) is 12.2. The van der Waals surface area contributed by atoms with Crippen LogP contribution in [-0.2, 0) is 7.05 Å². The van der Waals surface area contributed by atoms with Gasteiger partial charge in [0.15, 0.2) is 0 Å². The van der Waals surface area contributed by atoms with Gasteiger partial charge in [-0.05, 0) is 36.2 Å². The molecule has 0 radical (unpaired) electrons. The molecule has 0 aliphatic carbocycles. The summed E-state index contributed by atoms with van der Waals surface area (Å²) in [6.07, 6.45) is 2.22. The van der Waals surface area contributed by atoms with Crippen LogP contribution in [0.15, 0.2) is 28.9 Å². The fourth-order valence-corrected chi connectivity index (χ4v) is 2.81. The van der Waals surface area contributed by atoms with E-state index in [1.807, 2.05) is 0 Å². The molecule has 0 fully saturated rings. The summed E-state index contributed by atoms with van der Waals surface area (Å²) in [5.41, 5.74) is 8.55. The lowest BCUT2D eigenvalue weighted by Gasteiger charge is -2.18. The maximum absolute atomic E-state index is 5.92. The van der Waals surface area contributed by atoms with E-state index in [1.54, 1.807) is 0 Å². The van der Waals surface area contributed by atoms with Crippen molar-refractivity contribution >= 4 is 26.8 Å². The molecule has 0 aliphatic rings. The summed E-state index contributed by atoms with van der Waals surface area (Å²) in [6, 6.07) is 6.42. The number of hydrogen-bond donors (Lipinski definition) is 1. The number of fused-ring (bicyclic) bond motifs is 1. The molecule has 3 heteroatoms. The number of hydrogen-bond acceptors (Lipinski definition) is 1. The molecule has 1 aromatic heterocycles. The summed E-state index contributed by atoms with van der Waals surface area (Å²) in [5.74, 6) is 0.984. The zero-order valence-electron chi connectivity index (χ0n) is 10.6. The average Bonchev–Trinajstić information content (AvgIpc) is 2.56. The third kappa shape index (κ3) is 2.26. The van der Waals surface area contributed by atoms with Crippen molar-refractivity contribution in [2.75, 3.05) is 6.54 Å². The fraction of sp³-hybridized carbons (Fsp3) is 0.429. The number of nitrogens with two attached hydrogens (primary N) is 1. The molecule has 0 saturated heterocycles. The third-order valence-corrected chi connectivity index (χ3v) is 3.93. The van der Waals surface area contributed by atoms with Crippen molar-refractivity contribution in [2.45, 2.75) is 19.8 Å². The predicted molar refractivity (Wildman–Crippen MR) is 77.3 cm³/mol. The van der Waals surface area contributed by atoms with Crippen molar-refractivity contribution in [3.8, 4) is 0 Å². The molecule has 2 nitrogen and oxygen atoms in total. The molecule has 1 atom stereocenters. The van der Waals surface area contributed by atoms with Crippen molar-refractivity contribution in [3.05, 3.63) is 34.4 Å². The zero-order chi connectivity index (χ0) is 12.6. The first-order valence-corrected chi connectivity index (χ1v) is 6.78. The van der Waals surface area contributed by atoms with Crippen LogP contribution in [0.2, 0.25) is 0 Å². The van der Waals surface area contributed by atoms with Gasteiger partial charge < -0.3 is 10.3 Å². The van der Waals surface area contributed by atoms with Crippen molar-refractivity contribution in [1.29, 1.82) is 0 Å². The minimum Gasteiger partial charge on any atom is -0.350 e. The molecule has 2 aromatic rings. The lowest BCUT2D eigenvalue weighted by atomic mass is 9.88. The molecule has 2 N–H and O–H groups in total. The molecule has 0 saturated carbocycles. The first kappa shape index (κ1) is 12.7. The highest BCUT2D eigenvalue weighted by atomic mass is 79.9. The van der Waals surface area contributed by atoms with E-state index in [-0.39, 0.29) is 0 Å². The smallest absolute Gasteiger partial charge is 0.0481 e. The quantitative estimate of drug-likeness (QED) is 0.921. The van der Waals surface area contributed by atoms with Gasteiger partial charge in [0.25, 0.3) is 0 Å². The molecular weight excluding hydrogens is 276 g/mol. The van der Waals surface area contributed by atoms with Gasteiger partial charge in [-0.2, -0.15) is 0 Å². The molecule has 1 heterocycles. The van der Waals surface area contributed by atoms with Crippen LogP contribution in [0.25, 0.3) is 10.9 Å². The summed E-state index contributed by atoms with van der Waals surface area (Å²) in [4.78, 5) is 0. The van der Waals surface area contributed by atoms with Crippen molar-refractivity contribution in [1.82, 2.24) is 4.57 Å². The van der Waals surface area contributed by atoms with E-state index in [2.05, 4.69) is 65.8 Å². The number of benzene rings is 1. The van der Waals surface area contributed by atoms with Gasteiger partial charge in [-0.3, -0.25) is 0 Å². The minimum absolute atomic E-state index is 0.424. The van der Waals surface area contributed by atoms with Crippen LogP contribution in [0.4, 0.5) is 0 Å². The van der Waals surface area contributed by atoms with Gasteiger partial charge in [0.05, 0.1) is 0 Å². The second kappa shape index (κ2) is 4.83. The molecule has 0 aliphatic heterocycles. The van der Waals surface area contributed by atoms with E-state index < -0.39 is 0 Å². The molecule has 17 heavy (non-hydrogen) atoms. The van der Waals surface area contributed by atoms with Crippen molar-refractivity contribution in [3.63, 3.8) is 0 Å². The van der Waals surface area contributed by atoms with E-state index >= 15 is 0 Å².